The van der Waals surface area contributed by atoms with Gasteiger partial charge in [0.15, 0.2) is 8.07 Å². The molecule has 0 saturated carbocycles. The maximum Gasteiger partial charge on any atom is 0.179 e. The predicted molar refractivity (Wildman–Crippen MR) is 253 cm³/mol. The maximum absolute atomic E-state index is 14.5. The Labute approximate surface area is 350 Å². The molecule has 0 aliphatic carbocycles. The van der Waals surface area contributed by atoms with Crippen LogP contribution in [0.1, 0.15) is 0 Å². The predicted octanol–water partition coefficient (Wildman–Crippen LogP) is 12.0. The lowest BCUT2D eigenvalue weighted by Gasteiger charge is -2.34. The van der Waals surface area contributed by atoms with Gasteiger partial charge in [0.2, 0.25) is 0 Å². The Morgan fingerprint density at radius 2 is 0.850 bits per heavy atom. The molecule has 4 heteroatoms. The van der Waals surface area contributed by atoms with E-state index >= 15 is 0 Å². The van der Waals surface area contributed by atoms with Crippen LogP contribution in [-0.4, -0.2) is 12.6 Å². The fourth-order valence-corrected chi connectivity index (χ4v) is 14.3. The molecule has 1 aromatic heterocycles. The van der Waals surface area contributed by atoms with Crippen LogP contribution >= 0.6 is 0 Å². The van der Waals surface area contributed by atoms with Gasteiger partial charge in [-0.3, -0.25) is 0 Å². The van der Waals surface area contributed by atoms with Crippen molar-refractivity contribution in [2.75, 3.05) is 4.90 Å². The summed E-state index contributed by atoms with van der Waals surface area (Å²) >= 11 is 0. The van der Waals surface area contributed by atoms with Crippen molar-refractivity contribution in [3.05, 3.63) is 242 Å². The lowest BCUT2D eigenvalue weighted by molar-refractivity contribution is 0.628. The molecule has 11 rings (SSSR count). The van der Waals surface area contributed by atoms with Crippen molar-refractivity contribution in [3.63, 3.8) is 0 Å². The topological polar surface area (TPSA) is 8.17 Å². The molecule has 0 bridgehead atoms. The molecule has 0 amide bonds. The number of anilines is 3. The lowest BCUT2D eigenvalue weighted by atomic mass is 9.99. The third-order valence-electron chi connectivity index (χ3n) is 12.2. The molecule has 60 heavy (non-hydrogen) atoms. The number of aromatic nitrogens is 1. The average molecular weight is 787 g/mol. The summed E-state index contributed by atoms with van der Waals surface area (Å²) in [6.07, 6.45) is 0. The van der Waals surface area contributed by atoms with Crippen molar-refractivity contribution in [2.45, 2.75) is 0 Å². The second-order valence-electron chi connectivity index (χ2n) is 15.4. The van der Waals surface area contributed by atoms with Gasteiger partial charge in [-0.1, -0.05) is 170 Å². The molecule has 1 heterocycles. The molecule has 11 aromatic rings. The van der Waals surface area contributed by atoms with E-state index in [0.29, 0.717) is 0 Å². The summed E-state index contributed by atoms with van der Waals surface area (Å²) in [7, 11) is -2.63. The molecular formula is C56H39FN2Si. The zero-order valence-corrected chi connectivity index (χ0v) is 33.8. The van der Waals surface area contributed by atoms with E-state index in [0.717, 1.165) is 44.8 Å². The second kappa shape index (κ2) is 14.7. The zero-order chi connectivity index (χ0) is 40.0. The summed E-state index contributed by atoms with van der Waals surface area (Å²) < 4.78 is 16.8. The van der Waals surface area contributed by atoms with E-state index in [4.69, 9.17) is 0 Å². The smallest absolute Gasteiger partial charge is 0.179 e. The first-order valence-electron chi connectivity index (χ1n) is 20.5. The van der Waals surface area contributed by atoms with Crippen LogP contribution in [0, 0.1) is 5.82 Å². The number of nitrogens with zero attached hydrogens (tertiary/aromatic N) is 2. The quantitative estimate of drug-likeness (QED) is 0.0804. The molecule has 0 spiro atoms. The van der Waals surface area contributed by atoms with Crippen LogP contribution in [0.3, 0.4) is 0 Å². The van der Waals surface area contributed by atoms with Crippen LogP contribution in [-0.2, 0) is 0 Å². The molecule has 284 valence electrons. The van der Waals surface area contributed by atoms with Gasteiger partial charge < -0.3 is 9.47 Å². The summed E-state index contributed by atoms with van der Waals surface area (Å²) in [5.74, 6) is -0.261. The zero-order valence-electron chi connectivity index (χ0n) is 32.8. The number of halogens is 1. The Hall–Kier alpha value is -7.53. The summed E-state index contributed by atoms with van der Waals surface area (Å²) in [5.41, 5.74) is 8.65. The molecule has 0 aliphatic heterocycles. The Balaban J connectivity index is 1.02. The van der Waals surface area contributed by atoms with Crippen molar-refractivity contribution in [1.82, 2.24) is 4.57 Å². The molecule has 0 atom stereocenters. The third kappa shape index (κ3) is 5.76. The minimum Gasteiger partial charge on any atom is -0.310 e. The van der Waals surface area contributed by atoms with E-state index in [1.54, 1.807) is 12.1 Å². The highest BCUT2D eigenvalue weighted by Crippen LogP contribution is 2.46. The number of hydrogen-bond acceptors (Lipinski definition) is 1. The molecule has 0 fully saturated rings. The second-order valence-corrected chi connectivity index (χ2v) is 19.2. The Bertz CT molecular complexity index is 3120. The summed E-state index contributed by atoms with van der Waals surface area (Å²) in [4.78, 5) is 2.25. The van der Waals surface area contributed by atoms with E-state index in [1.165, 1.54) is 42.4 Å². The largest absolute Gasteiger partial charge is 0.310 e. The van der Waals surface area contributed by atoms with Crippen LogP contribution in [0.15, 0.2) is 237 Å². The van der Waals surface area contributed by atoms with Crippen LogP contribution in [0.25, 0.3) is 49.4 Å². The molecule has 0 radical (unpaired) electrons. The Morgan fingerprint density at radius 1 is 0.367 bits per heavy atom. The first-order chi connectivity index (χ1) is 29.7. The summed E-state index contributed by atoms with van der Waals surface area (Å²) in [6, 6.07) is 84.0. The van der Waals surface area contributed by atoms with Crippen LogP contribution in [0.4, 0.5) is 21.5 Å². The number of para-hydroxylation sites is 1. The van der Waals surface area contributed by atoms with Gasteiger partial charge in [0.25, 0.3) is 0 Å². The van der Waals surface area contributed by atoms with Gasteiger partial charge in [0, 0.05) is 33.2 Å². The van der Waals surface area contributed by atoms with E-state index in [9.17, 15) is 4.39 Å². The Morgan fingerprint density at radius 3 is 1.42 bits per heavy atom. The highest BCUT2D eigenvalue weighted by atomic mass is 28.3. The van der Waals surface area contributed by atoms with Gasteiger partial charge in [-0.2, -0.15) is 0 Å². The fraction of sp³-hybridized carbons (Fsp3) is 0. The molecule has 0 saturated heterocycles. The SMILES string of the molecule is Fc1ccc(N(c2ccc(-c3ccc([Si](c4ccccc4)(c4ccccc4)c4ccccc4)cc3)cc2)c2ccc3c4c2ccc2cccc(c24)n3-c2ccccc2)cc1. The van der Waals surface area contributed by atoms with Crippen LogP contribution < -0.4 is 25.6 Å². The molecule has 0 aliphatic rings. The van der Waals surface area contributed by atoms with Gasteiger partial charge >= 0.3 is 0 Å². The number of benzene rings is 10. The van der Waals surface area contributed by atoms with Crippen LogP contribution in [0.2, 0.25) is 0 Å². The standard InChI is InChI=1S/C56H39FN2Si/c57-43-29-33-46(34-30-43)58(52-38-39-54-56-51(52)37-28-42-14-13-23-53(55(42)56)59(54)44-15-5-1-6-16-44)45-31-24-40(25-32-45)41-26-35-50(36-27-41)60(47-17-7-2-8-18-47,48-19-9-3-10-20-48)49-21-11-4-12-22-49/h1-39H. The van der Waals surface area contributed by atoms with E-state index in [2.05, 4.69) is 222 Å². The summed E-state index contributed by atoms with van der Waals surface area (Å²) in [6.45, 7) is 0. The molecule has 2 nitrogen and oxygen atoms in total. The van der Waals surface area contributed by atoms with Gasteiger partial charge in [-0.05, 0) is 104 Å². The monoisotopic (exact) mass is 786 g/mol. The molecule has 10 aromatic carbocycles. The van der Waals surface area contributed by atoms with Crippen LogP contribution in [0.5, 0.6) is 0 Å². The van der Waals surface area contributed by atoms with Gasteiger partial charge in [-0.15, -0.1) is 0 Å². The van der Waals surface area contributed by atoms with Crippen molar-refractivity contribution in [1.29, 1.82) is 0 Å². The Kier molecular flexibility index (Phi) is 8.72. The third-order valence-corrected chi connectivity index (χ3v) is 17.0. The molecule has 0 unspecified atom stereocenters. The van der Waals surface area contributed by atoms with Gasteiger partial charge in [0.1, 0.15) is 5.82 Å². The highest BCUT2D eigenvalue weighted by molar-refractivity contribution is 7.19. The first kappa shape index (κ1) is 35.6. The highest BCUT2D eigenvalue weighted by Gasteiger charge is 2.41. The maximum atomic E-state index is 14.5. The van der Waals surface area contributed by atoms with Crippen molar-refractivity contribution < 1.29 is 4.39 Å². The van der Waals surface area contributed by atoms with E-state index in [-0.39, 0.29) is 5.82 Å². The van der Waals surface area contributed by atoms with Gasteiger partial charge in [-0.25, -0.2) is 4.39 Å². The fourth-order valence-electron chi connectivity index (χ4n) is 9.52. The number of rotatable bonds is 9. The van der Waals surface area contributed by atoms with Gasteiger partial charge in [0.05, 0.1) is 16.7 Å². The number of hydrogen-bond donors (Lipinski definition) is 0. The molecular weight excluding hydrogens is 748 g/mol. The minimum absolute atomic E-state index is 0.261. The average Bonchev–Trinajstić information content (AvgIpc) is 3.67. The van der Waals surface area contributed by atoms with Crippen molar-refractivity contribution in [3.8, 4) is 16.8 Å². The van der Waals surface area contributed by atoms with Crippen molar-refractivity contribution >= 4 is 78.5 Å². The first-order valence-corrected chi connectivity index (χ1v) is 22.5. The van der Waals surface area contributed by atoms with Crippen molar-refractivity contribution in [2.24, 2.45) is 0 Å². The normalized spacial score (nSPS) is 11.8. The lowest BCUT2D eigenvalue weighted by Crippen LogP contribution is -2.74. The minimum atomic E-state index is -2.63. The van der Waals surface area contributed by atoms with E-state index in [1.807, 2.05) is 12.1 Å². The van der Waals surface area contributed by atoms with E-state index < -0.39 is 8.07 Å². The summed E-state index contributed by atoms with van der Waals surface area (Å²) in [5, 5.41) is 10.2. The molecule has 0 N–H and O–H groups in total.